The number of nitriles is 1. The number of rotatable bonds is 3. The molecule has 0 aliphatic carbocycles. The Hall–Kier alpha value is -1.38. The zero-order chi connectivity index (χ0) is 14.3. The van der Waals surface area contributed by atoms with Crippen molar-refractivity contribution in [2.24, 2.45) is 0 Å². The lowest BCUT2D eigenvalue weighted by molar-refractivity contribution is 0.437. The summed E-state index contributed by atoms with van der Waals surface area (Å²) in [4.78, 5) is 0. The molecule has 0 aromatic heterocycles. The third-order valence-electron chi connectivity index (χ3n) is 2.90. The molecule has 1 aromatic carbocycles. The van der Waals surface area contributed by atoms with E-state index in [2.05, 4.69) is 6.07 Å². The van der Waals surface area contributed by atoms with Crippen LogP contribution in [0.25, 0.3) is 0 Å². The highest BCUT2D eigenvalue weighted by molar-refractivity contribution is 7.88. The second-order valence-corrected chi connectivity index (χ2v) is 6.06. The maximum Gasteiger partial charge on any atom is 0.219 e. The lowest BCUT2D eigenvalue weighted by Gasteiger charge is -2.18. The van der Waals surface area contributed by atoms with Gasteiger partial charge in [-0.2, -0.15) is 9.57 Å². The van der Waals surface area contributed by atoms with Gasteiger partial charge < -0.3 is 0 Å². The topological polar surface area (TPSA) is 61.2 Å². The smallest absolute Gasteiger partial charge is 0.212 e. The van der Waals surface area contributed by atoms with Gasteiger partial charge in [-0.1, -0.05) is 44.2 Å². The molecule has 1 aliphatic heterocycles. The molecule has 0 amide bonds. The van der Waals surface area contributed by atoms with Crippen LogP contribution in [-0.2, 0) is 15.8 Å². The first-order chi connectivity index (χ1) is 9.13. The van der Waals surface area contributed by atoms with Crippen molar-refractivity contribution in [3.05, 3.63) is 35.9 Å². The summed E-state index contributed by atoms with van der Waals surface area (Å²) in [6.45, 7) is 4.47. The van der Waals surface area contributed by atoms with Gasteiger partial charge in [0.15, 0.2) is 0 Å². The average molecular weight is 280 g/mol. The number of sulfonamides is 1. The van der Waals surface area contributed by atoms with Crippen LogP contribution >= 0.6 is 0 Å². The molecule has 0 saturated carbocycles. The SMILES string of the molecule is CC.N#CC1CCCN1S(=O)(=O)Cc1ccccc1. The summed E-state index contributed by atoms with van der Waals surface area (Å²) in [6.07, 6.45) is 1.41. The van der Waals surface area contributed by atoms with Gasteiger partial charge in [0.2, 0.25) is 10.0 Å². The highest BCUT2D eigenvalue weighted by atomic mass is 32.2. The van der Waals surface area contributed by atoms with Gasteiger partial charge in [-0.3, -0.25) is 0 Å². The quantitative estimate of drug-likeness (QED) is 0.854. The fraction of sp³-hybridized carbons (Fsp3) is 0.500. The van der Waals surface area contributed by atoms with E-state index in [1.54, 1.807) is 12.1 Å². The van der Waals surface area contributed by atoms with Crippen LogP contribution in [0.3, 0.4) is 0 Å². The molecular weight excluding hydrogens is 260 g/mol. The van der Waals surface area contributed by atoms with Gasteiger partial charge in [-0.05, 0) is 18.4 Å². The van der Waals surface area contributed by atoms with Crippen LogP contribution in [0.5, 0.6) is 0 Å². The first-order valence-electron chi connectivity index (χ1n) is 6.56. The van der Waals surface area contributed by atoms with Crippen LogP contribution < -0.4 is 0 Å². The minimum absolute atomic E-state index is 0.0218. The van der Waals surface area contributed by atoms with Crippen LogP contribution in [0.1, 0.15) is 32.3 Å². The third kappa shape index (κ3) is 4.05. The normalized spacial score (nSPS) is 19.3. The molecular formula is C14H20N2O2S. The first kappa shape index (κ1) is 15.7. The van der Waals surface area contributed by atoms with Crippen molar-refractivity contribution in [3.63, 3.8) is 0 Å². The van der Waals surface area contributed by atoms with Crippen molar-refractivity contribution in [2.75, 3.05) is 6.54 Å². The van der Waals surface area contributed by atoms with Crippen molar-refractivity contribution in [1.82, 2.24) is 4.31 Å². The van der Waals surface area contributed by atoms with Gasteiger partial charge in [0.05, 0.1) is 11.8 Å². The molecule has 1 aromatic rings. The molecule has 2 rings (SSSR count). The fourth-order valence-corrected chi connectivity index (χ4v) is 3.80. The highest BCUT2D eigenvalue weighted by Gasteiger charge is 2.33. The Kier molecular flexibility index (Phi) is 6.00. The van der Waals surface area contributed by atoms with Crippen molar-refractivity contribution in [3.8, 4) is 6.07 Å². The van der Waals surface area contributed by atoms with E-state index in [-0.39, 0.29) is 5.75 Å². The lowest BCUT2D eigenvalue weighted by Crippen LogP contribution is -2.35. The van der Waals surface area contributed by atoms with E-state index in [0.717, 1.165) is 12.0 Å². The summed E-state index contributed by atoms with van der Waals surface area (Å²) in [7, 11) is -3.36. The number of hydrogen-bond acceptors (Lipinski definition) is 3. The van der Waals surface area contributed by atoms with E-state index in [9.17, 15) is 8.42 Å². The third-order valence-corrected chi connectivity index (χ3v) is 4.75. The molecule has 1 aliphatic rings. The van der Waals surface area contributed by atoms with E-state index in [1.807, 2.05) is 32.0 Å². The maximum atomic E-state index is 12.1. The van der Waals surface area contributed by atoms with Crippen molar-refractivity contribution < 1.29 is 8.42 Å². The summed E-state index contributed by atoms with van der Waals surface area (Å²) in [5.74, 6) is -0.0218. The molecule has 0 bridgehead atoms. The number of hydrogen-bond donors (Lipinski definition) is 0. The maximum absolute atomic E-state index is 12.1. The molecule has 1 atom stereocenters. The molecule has 4 nitrogen and oxygen atoms in total. The Morgan fingerprint density at radius 2 is 1.95 bits per heavy atom. The summed E-state index contributed by atoms with van der Waals surface area (Å²) in [6, 6.07) is 10.6. The molecule has 1 saturated heterocycles. The monoisotopic (exact) mass is 280 g/mol. The van der Waals surface area contributed by atoms with Gasteiger partial charge in [0, 0.05) is 6.54 Å². The molecule has 19 heavy (non-hydrogen) atoms. The molecule has 5 heteroatoms. The molecule has 0 radical (unpaired) electrons. The van der Waals surface area contributed by atoms with E-state index < -0.39 is 16.1 Å². The van der Waals surface area contributed by atoms with E-state index in [4.69, 9.17) is 5.26 Å². The summed E-state index contributed by atoms with van der Waals surface area (Å²) >= 11 is 0. The minimum Gasteiger partial charge on any atom is -0.212 e. The Morgan fingerprint density at radius 3 is 2.53 bits per heavy atom. The standard InChI is InChI=1S/C12H14N2O2S.C2H6/c13-9-12-7-4-8-14(12)17(15,16)10-11-5-2-1-3-6-11;1-2/h1-3,5-6,12H,4,7-8,10H2;1-2H3. The Bertz CT molecular complexity index is 520. The molecule has 1 fully saturated rings. The van der Waals surface area contributed by atoms with Crippen LogP contribution in [0.15, 0.2) is 30.3 Å². The zero-order valence-electron chi connectivity index (χ0n) is 11.4. The largest absolute Gasteiger partial charge is 0.219 e. The molecule has 0 N–H and O–H groups in total. The predicted octanol–water partition coefficient (Wildman–Crippen LogP) is 2.53. The number of nitrogens with zero attached hydrogens (tertiary/aromatic N) is 2. The average Bonchev–Trinajstić information content (AvgIpc) is 2.91. The Balaban J connectivity index is 0.000000861. The van der Waals surface area contributed by atoms with Gasteiger partial charge in [0.25, 0.3) is 0 Å². The summed E-state index contributed by atoms with van der Waals surface area (Å²) < 4.78 is 25.6. The van der Waals surface area contributed by atoms with Crippen LogP contribution in [-0.4, -0.2) is 25.3 Å². The second kappa shape index (κ2) is 7.27. The second-order valence-electron chi connectivity index (χ2n) is 4.14. The van der Waals surface area contributed by atoms with Crippen LogP contribution in [0.2, 0.25) is 0 Å². The molecule has 104 valence electrons. The van der Waals surface area contributed by atoms with Crippen molar-refractivity contribution >= 4 is 10.0 Å². The summed E-state index contributed by atoms with van der Waals surface area (Å²) in [5, 5.41) is 8.91. The lowest BCUT2D eigenvalue weighted by atomic mass is 10.2. The highest BCUT2D eigenvalue weighted by Crippen LogP contribution is 2.22. The first-order valence-corrected chi connectivity index (χ1v) is 8.17. The zero-order valence-corrected chi connectivity index (χ0v) is 12.2. The Labute approximate surface area is 115 Å². The van der Waals surface area contributed by atoms with Crippen molar-refractivity contribution in [2.45, 2.75) is 38.5 Å². The van der Waals surface area contributed by atoms with E-state index >= 15 is 0 Å². The molecule has 1 heterocycles. The van der Waals surface area contributed by atoms with Gasteiger partial charge in [-0.15, -0.1) is 0 Å². The minimum atomic E-state index is -3.36. The van der Waals surface area contributed by atoms with Gasteiger partial charge in [0.1, 0.15) is 6.04 Å². The molecule has 0 spiro atoms. The predicted molar refractivity (Wildman–Crippen MR) is 75.8 cm³/mol. The molecule has 1 unspecified atom stereocenters. The van der Waals surface area contributed by atoms with Crippen LogP contribution in [0, 0.1) is 11.3 Å². The van der Waals surface area contributed by atoms with Gasteiger partial charge in [-0.25, -0.2) is 8.42 Å². The van der Waals surface area contributed by atoms with E-state index in [0.29, 0.717) is 13.0 Å². The fourth-order valence-electron chi connectivity index (χ4n) is 2.07. The van der Waals surface area contributed by atoms with Crippen LogP contribution in [0.4, 0.5) is 0 Å². The summed E-state index contributed by atoms with van der Waals surface area (Å²) in [5.41, 5.74) is 0.760. The van der Waals surface area contributed by atoms with E-state index in [1.165, 1.54) is 4.31 Å². The number of benzene rings is 1. The van der Waals surface area contributed by atoms with Crippen molar-refractivity contribution in [1.29, 1.82) is 5.26 Å². The van der Waals surface area contributed by atoms with Gasteiger partial charge >= 0.3 is 0 Å². The Morgan fingerprint density at radius 1 is 1.32 bits per heavy atom.